The molecule has 13 rings (SSSR count). The van der Waals surface area contributed by atoms with E-state index in [0.717, 1.165) is 0 Å². The number of nitrogens with zero attached hydrogens (tertiary/aromatic N) is 2. The molecule has 0 saturated heterocycles. The van der Waals surface area contributed by atoms with E-state index in [-0.39, 0.29) is 39.2 Å². The first-order valence-electron chi connectivity index (χ1n) is 31.2. The molecule has 0 unspecified atom stereocenters. The topological polar surface area (TPSA) is 6.48 Å². The first kappa shape index (κ1) is 56.3. The van der Waals surface area contributed by atoms with Crippen molar-refractivity contribution >= 4 is 100 Å². The summed E-state index contributed by atoms with van der Waals surface area (Å²) in [6, 6.07) is 74.1. The zero-order chi connectivity index (χ0) is 60.2. The van der Waals surface area contributed by atoms with Gasteiger partial charge in [0, 0.05) is 34.1 Å². The molecule has 0 aromatic heterocycles. The summed E-state index contributed by atoms with van der Waals surface area (Å²) < 4.78 is 0. The van der Waals surface area contributed by atoms with Crippen molar-refractivity contribution in [2.75, 3.05) is 9.80 Å². The van der Waals surface area contributed by atoms with Gasteiger partial charge in [0.15, 0.2) is 0 Å². The molecule has 0 bridgehead atoms. The minimum absolute atomic E-state index is 0.117. The van der Waals surface area contributed by atoms with Gasteiger partial charge in [0.2, 0.25) is 0 Å². The van der Waals surface area contributed by atoms with Crippen LogP contribution in [0.15, 0.2) is 188 Å². The fraction of sp³-hybridized carbons (Fsp3) is 0.293. The van der Waals surface area contributed by atoms with E-state index in [1.165, 1.54) is 149 Å². The van der Waals surface area contributed by atoms with Crippen LogP contribution in [0.1, 0.15) is 158 Å². The Bertz CT molecular complexity index is 4210. The van der Waals surface area contributed by atoms with Crippen LogP contribution in [0.25, 0.3) is 65.3 Å². The maximum atomic E-state index is 2.71. The molecule has 0 atom stereocenters. The molecule has 426 valence electrons. The molecule has 11 aromatic rings. The number of hydrogen-bond donors (Lipinski definition) is 0. The zero-order valence-electron chi connectivity index (χ0n) is 53.9. The fourth-order valence-corrected chi connectivity index (χ4v) is 13.7. The molecular formula is C82H85BN2. The lowest BCUT2D eigenvalue weighted by molar-refractivity contribution is 0.568. The molecule has 0 aliphatic carbocycles. The smallest absolute Gasteiger partial charge is 0.252 e. The quantitative estimate of drug-likeness (QED) is 0.128. The van der Waals surface area contributed by atoms with E-state index in [0.29, 0.717) is 0 Å². The molecule has 2 aliphatic heterocycles. The highest BCUT2D eigenvalue weighted by Gasteiger charge is 2.45. The first-order valence-corrected chi connectivity index (χ1v) is 31.2. The van der Waals surface area contributed by atoms with Gasteiger partial charge >= 0.3 is 0 Å². The van der Waals surface area contributed by atoms with Gasteiger partial charge in [-0.05, 0) is 233 Å². The summed E-state index contributed by atoms with van der Waals surface area (Å²) in [6.07, 6.45) is 0. The second-order valence-corrected chi connectivity index (χ2v) is 31.3. The van der Waals surface area contributed by atoms with Crippen molar-refractivity contribution in [3.05, 3.63) is 221 Å². The van der Waals surface area contributed by atoms with Crippen LogP contribution in [0.3, 0.4) is 0 Å². The van der Waals surface area contributed by atoms with Crippen LogP contribution in [0, 0.1) is 0 Å². The van der Waals surface area contributed by atoms with Gasteiger partial charge in [-0.25, -0.2) is 0 Å². The SMILES string of the molecule is CC(C)(C)c1cc(N2c3cc4cc5ccccc5cc4cc3B3c4cc5cc6ccccc6cc5cc4N(c4cc(C(C)(C)C)cc(C(C)(C)C)c4)c4cc(-c5c(C(C)(C)C)cc(-c6ccccc6)cc5C(C)(C)C)cc2c43)cc(C(C)(C)C)c1. The average Bonchev–Trinajstić information content (AvgIpc) is 0.731. The largest absolute Gasteiger partial charge is 0.311 e. The van der Waals surface area contributed by atoms with Crippen molar-refractivity contribution < 1.29 is 0 Å². The third kappa shape index (κ3) is 9.84. The van der Waals surface area contributed by atoms with Gasteiger partial charge in [-0.3, -0.25) is 0 Å². The van der Waals surface area contributed by atoms with Crippen LogP contribution < -0.4 is 26.2 Å². The average molecular weight is 1110 g/mol. The van der Waals surface area contributed by atoms with E-state index in [1.54, 1.807) is 0 Å². The maximum absolute atomic E-state index is 2.71. The molecule has 0 amide bonds. The standard InChI is InChI=1S/C82H85BN2/c1-77(2,3)61-44-62(78(4,5)6)47-65(46-61)84-71-40-57-34-53-30-24-22-28-51(53)32-55(57)38-69(71)83-70-39-56-33-52-29-23-25-31-54(52)35-58(56)41-72(70)85(66-48-63(79(7,8)9)45-64(49-66)80(10,11)12)74-43-60(42-73(84)76(74)83)75-67(81(13,14)15)36-59(37-68(75)82(16,17)18)50-26-20-19-21-27-50/h19-49H,1-18H3. The number of benzene rings is 11. The van der Waals surface area contributed by atoms with Gasteiger partial charge in [-0.1, -0.05) is 228 Å². The predicted octanol–water partition coefficient (Wildman–Crippen LogP) is 21.5. The third-order valence-electron chi connectivity index (χ3n) is 18.7. The van der Waals surface area contributed by atoms with Crippen molar-refractivity contribution in [2.24, 2.45) is 0 Å². The van der Waals surface area contributed by atoms with Gasteiger partial charge < -0.3 is 9.80 Å². The first-order chi connectivity index (χ1) is 39.9. The van der Waals surface area contributed by atoms with Crippen molar-refractivity contribution in [1.29, 1.82) is 0 Å². The van der Waals surface area contributed by atoms with Crippen molar-refractivity contribution in [3.63, 3.8) is 0 Å². The zero-order valence-corrected chi connectivity index (χ0v) is 53.9. The Morgan fingerprint density at radius 3 is 0.918 bits per heavy atom. The van der Waals surface area contributed by atoms with E-state index in [2.05, 4.69) is 322 Å². The lowest BCUT2D eigenvalue weighted by atomic mass is 9.33. The second kappa shape index (κ2) is 19.3. The molecule has 0 spiro atoms. The van der Waals surface area contributed by atoms with E-state index in [1.807, 2.05) is 0 Å². The Balaban J connectivity index is 1.26. The Morgan fingerprint density at radius 1 is 0.259 bits per heavy atom. The molecule has 2 heterocycles. The van der Waals surface area contributed by atoms with Gasteiger partial charge in [-0.15, -0.1) is 0 Å². The number of anilines is 6. The summed E-state index contributed by atoms with van der Waals surface area (Å²) in [7, 11) is 0. The molecular weight excluding hydrogens is 1020 g/mol. The highest BCUT2D eigenvalue weighted by molar-refractivity contribution is 7.00. The Hall–Kier alpha value is -7.88. The normalized spacial score (nSPS) is 13.9. The van der Waals surface area contributed by atoms with Crippen molar-refractivity contribution in [3.8, 4) is 22.3 Å². The molecule has 0 fully saturated rings. The highest BCUT2D eigenvalue weighted by atomic mass is 15.2. The van der Waals surface area contributed by atoms with E-state index < -0.39 is 0 Å². The van der Waals surface area contributed by atoms with Crippen molar-refractivity contribution in [1.82, 2.24) is 0 Å². The Labute approximate surface area is 508 Å². The number of fused-ring (bicyclic) bond motifs is 8. The number of hydrogen-bond acceptors (Lipinski definition) is 2. The van der Waals surface area contributed by atoms with Gasteiger partial charge in [0.05, 0.1) is 0 Å². The lowest BCUT2D eigenvalue weighted by Crippen LogP contribution is -2.61. The minimum atomic E-state index is -0.219. The summed E-state index contributed by atoms with van der Waals surface area (Å²) in [5, 5.41) is 10.00. The molecule has 85 heavy (non-hydrogen) atoms. The van der Waals surface area contributed by atoms with Gasteiger partial charge in [0.25, 0.3) is 6.71 Å². The second-order valence-electron chi connectivity index (χ2n) is 31.3. The maximum Gasteiger partial charge on any atom is 0.252 e. The van der Waals surface area contributed by atoms with E-state index in [9.17, 15) is 0 Å². The van der Waals surface area contributed by atoms with Crippen LogP contribution in [-0.4, -0.2) is 6.71 Å². The van der Waals surface area contributed by atoms with Crippen LogP contribution >= 0.6 is 0 Å². The Kier molecular flexibility index (Phi) is 12.8. The van der Waals surface area contributed by atoms with Gasteiger partial charge in [0.1, 0.15) is 0 Å². The summed E-state index contributed by atoms with van der Waals surface area (Å²) >= 11 is 0. The van der Waals surface area contributed by atoms with Gasteiger partial charge in [-0.2, -0.15) is 0 Å². The van der Waals surface area contributed by atoms with Crippen LogP contribution in [0.2, 0.25) is 0 Å². The molecule has 0 N–H and O–H groups in total. The molecule has 0 radical (unpaired) electrons. The monoisotopic (exact) mass is 1110 g/mol. The summed E-state index contributed by atoms with van der Waals surface area (Å²) in [4.78, 5) is 5.42. The Morgan fingerprint density at radius 2 is 0.588 bits per heavy atom. The summed E-state index contributed by atoms with van der Waals surface area (Å²) in [5.41, 5.74) is 23.4. The van der Waals surface area contributed by atoms with Crippen LogP contribution in [0.4, 0.5) is 34.1 Å². The molecule has 2 nitrogen and oxygen atoms in total. The summed E-state index contributed by atoms with van der Waals surface area (Å²) in [5.74, 6) is 0. The highest BCUT2D eigenvalue weighted by Crippen LogP contribution is 2.52. The van der Waals surface area contributed by atoms with Crippen LogP contribution in [-0.2, 0) is 32.5 Å². The molecule has 11 aromatic carbocycles. The van der Waals surface area contributed by atoms with E-state index >= 15 is 0 Å². The molecule has 3 heteroatoms. The van der Waals surface area contributed by atoms with Crippen LogP contribution in [0.5, 0.6) is 0 Å². The lowest BCUT2D eigenvalue weighted by Gasteiger charge is -2.45. The van der Waals surface area contributed by atoms with Crippen molar-refractivity contribution in [2.45, 2.75) is 157 Å². The third-order valence-corrected chi connectivity index (χ3v) is 18.7. The molecule has 2 aliphatic rings. The number of rotatable bonds is 4. The fourth-order valence-electron chi connectivity index (χ4n) is 13.7. The minimum Gasteiger partial charge on any atom is -0.311 e. The predicted molar refractivity (Wildman–Crippen MR) is 374 cm³/mol. The van der Waals surface area contributed by atoms with E-state index in [4.69, 9.17) is 0 Å². The summed E-state index contributed by atoms with van der Waals surface area (Å²) in [6.45, 7) is 42.9. The molecule has 0 saturated carbocycles.